The summed E-state index contributed by atoms with van der Waals surface area (Å²) < 4.78 is 0. The van der Waals surface area contributed by atoms with E-state index < -0.39 is 5.97 Å². The second kappa shape index (κ2) is 7.16. The Morgan fingerprint density at radius 3 is 2.00 bits per heavy atom. The maximum absolute atomic E-state index is 9.60. The molecule has 0 aliphatic carbocycles. The van der Waals surface area contributed by atoms with E-state index in [1.807, 2.05) is 13.0 Å². The molecule has 0 amide bonds. The van der Waals surface area contributed by atoms with Gasteiger partial charge in [-0.1, -0.05) is 25.1 Å². The number of rotatable bonds is 2. The van der Waals surface area contributed by atoms with Crippen molar-refractivity contribution in [3.63, 3.8) is 0 Å². The summed E-state index contributed by atoms with van der Waals surface area (Å²) >= 11 is 0. The monoisotopic (exact) mass is 182 g/mol. The minimum absolute atomic E-state index is 0.292. The van der Waals surface area contributed by atoms with Gasteiger partial charge in [-0.2, -0.15) is 0 Å². The van der Waals surface area contributed by atoms with E-state index in [2.05, 4.69) is 0 Å². The van der Waals surface area contributed by atoms with Gasteiger partial charge in [-0.05, 0) is 18.6 Å². The first kappa shape index (κ1) is 11.5. The molecule has 1 aromatic carbocycles. The van der Waals surface area contributed by atoms with Crippen molar-refractivity contribution in [2.24, 2.45) is 0 Å². The normalized spacial score (nSPS) is 8.38. The van der Waals surface area contributed by atoms with Gasteiger partial charge >= 0.3 is 5.97 Å². The molecule has 0 heterocycles. The number of hydrogen-bond donors (Lipinski definition) is 2. The van der Waals surface area contributed by atoms with E-state index in [1.54, 1.807) is 24.3 Å². The van der Waals surface area contributed by atoms with E-state index in [0.29, 0.717) is 12.2 Å². The zero-order chi connectivity index (χ0) is 10.1. The van der Waals surface area contributed by atoms with Gasteiger partial charge in [0.05, 0.1) is 0 Å². The Morgan fingerprint density at radius 2 is 1.85 bits per heavy atom. The van der Waals surface area contributed by atoms with E-state index in [0.717, 1.165) is 6.42 Å². The number of carbonyl (C=O) groups is 1. The SMILES string of the molecule is CCCC(=O)O.Oc1ccccc1. The molecule has 13 heavy (non-hydrogen) atoms. The van der Waals surface area contributed by atoms with Crippen LogP contribution in [0.15, 0.2) is 30.3 Å². The predicted octanol–water partition coefficient (Wildman–Crippen LogP) is 2.26. The Hall–Kier alpha value is -1.51. The number of aromatic hydroxyl groups is 1. The van der Waals surface area contributed by atoms with E-state index in [-0.39, 0.29) is 0 Å². The van der Waals surface area contributed by atoms with Crippen LogP contribution in [0.5, 0.6) is 5.75 Å². The zero-order valence-corrected chi connectivity index (χ0v) is 7.60. The molecule has 3 heteroatoms. The summed E-state index contributed by atoms with van der Waals surface area (Å²) in [6, 6.07) is 8.71. The molecule has 0 fully saturated rings. The number of carboxylic acid groups (broad SMARTS) is 1. The van der Waals surface area contributed by atoms with Crippen LogP contribution >= 0.6 is 0 Å². The molecule has 2 N–H and O–H groups in total. The van der Waals surface area contributed by atoms with Crippen LogP contribution in [0.25, 0.3) is 0 Å². The first-order valence-corrected chi connectivity index (χ1v) is 4.12. The van der Waals surface area contributed by atoms with Crippen molar-refractivity contribution in [2.45, 2.75) is 19.8 Å². The van der Waals surface area contributed by atoms with Gasteiger partial charge in [0.1, 0.15) is 5.75 Å². The third-order valence-electron chi connectivity index (χ3n) is 1.22. The van der Waals surface area contributed by atoms with E-state index in [1.165, 1.54) is 0 Å². The highest BCUT2D eigenvalue weighted by Crippen LogP contribution is 2.02. The van der Waals surface area contributed by atoms with E-state index in [4.69, 9.17) is 10.2 Å². The minimum atomic E-state index is -0.711. The van der Waals surface area contributed by atoms with Crippen LogP contribution in [0, 0.1) is 0 Å². The molecule has 0 aliphatic rings. The second-order valence-corrected chi connectivity index (χ2v) is 2.48. The van der Waals surface area contributed by atoms with Crippen molar-refractivity contribution in [1.82, 2.24) is 0 Å². The zero-order valence-electron chi connectivity index (χ0n) is 7.60. The highest BCUT2D eigenvalue weighted by molar-refractivity contribution is 5.66. The Morgan fingerprint density at radius 1 is 1.31 bits per heavy atom. The van der Waals surface area contributed by atoms with Crippen LogP contribution < -0.4 is 0 Å². The first-order chi connectivity index (χ1) is 6.16. The lowest BCUT2D eigenvalue weighted by Crippen LogP contribution is -1.90. The summed E-state index contributed by atoms with van der Waals surface area (Å²) in [6.45, 7) is 1.84. The fourth-order valence-electron chi connectivity index (χ4n) is 0.642. The number of para-hydroxylation sites is 1. The predicted molar refractivity (Wildman–Crippen MR) is 50.7 cm³/mol. The summed E-state index contributed by atoms with van der Waals surface area (Å²) in [5, 5.41) is 16.5. The lowest BCUT2D eigenvalue weighted by atomic mass is 10.3. The summed E-state index contributed by atoms with van der Waals surface area (Å²) in [4.78, 5) is 9.60. The number of phenolic OH excluding ortho intramolecular Hbond substituents is 1. The first-order valence-electron chi connectivity index (χ1n) is 4.12. The molecule has 0 saturated carbocycles. The average molecular weight is 182 g/mol. The van der Waals surface area contributed by atoms with Crippen molar-refractivity contribution in [3.05, 3.63) is 30.3 Å². The van der Waals surface area contributed by atoms with Crippen LogP contribution in [-0.2, 0) is 4.79 Å². The molecular weight excluding hydrogens is 168 g/mol. The molecule has 0 saturated heterocycles. The average Bonchev–Trinajstić information content (AvgIpc) is 2.06. The van der Waals surface area contributed by atoms with Gasteiger partial charge < -0.3 is 10.2 Å². The number of benzene rings is 1. The third kappa shape index (κ3) is 8.40. The lowest BCUT2D eigenvalue weighted by Gasteiger charge is -1.82. The van der Waals surface area contributed by atoms with Gasteiger partial charge in [0.2, 0.25) is 0 Å². The Bertz CT molecular complexity index is 231. The molecule has 0 spiro atoms. The maximum atomic E-state index is 9.60. The maximum Gasteiger partial charge on any atom is 0.303 e. The second-order valence-electron chi connectivity index (χ2n) is 2.48. The molecule has 0 aliphatic heterocycles. The molecule has 0 bridgehead atoms. The fourth-order valence-corrected chi connectivity index (χ4v) is 0.642. The molecule has 1 rings (SSSR count). The molecule has 72 valence electrons. The summed E-state index contributed by atoms with van der Waals surface area (Å²) in [7, 11) is 0. The molecule has 0 radical (unpaired) electrons. The summed E-state index contributed by atoms with van der Waals surface area (Å²) in [5.41, 5.74) is 0. The molecule has 0 aromatic heterocycles. The van der Waals surface area contributed by atoms with Crippen molar-refractivity contribution in [2.75, 3.05) is 0 Å². The third-order valence-corrected chi connectivity index (χ3v) is 1.22. The fraction of sp³-hybridized carbons (Fsp3) is 0.300. The van der Waals surface area contributed by atoms with Crippen LogP contribution in [0.2, 0.25) is 0 Å². The van der Waals surface area contributed by atoms with Crippen molar-refractivity contribution in [3.8, 4) is 5.75 Å². The van der Waals surface area contributed by atoms with Gasteiger partial charge in [0.25, 0.3) is 0 Å². The molecule has 3 nitrogen and oxygen atoms in total. The minimum Gasteiger partial charge on any atom is -0.508 e. The molecule has 1 aromatic rings. The van der Waals surface area contributed by atoms with Crippen molar-refractivity contribution >= 4 is 5.97 Å². The van der Waals surface area contributed by atoms with Crippen LogP contribution in [0.4, 0.5) is 0 Å². The highest BCUT2D eigenvalue weighted by Gasteiger charge is 1.87. The summed E-state index contributed by atoms with van der Waals surface area (Å²) in [6.07, 6.45) is 1.02. The Balaban J connectivity index is 0.000000226. The lowest BCUT2D eigenvalue weighted by molar-refractivity contribution is -0.137. The summed E-state index contributed by atoms with van der Waals surface area (Å²) in [5.74, 6) is -0.389. The standard InChI is InChI=1S/C6H6O.C4H8O2/c7-6-4-2-1-3-5-6;1-2-3-4(5)6/h1-5,7H;2-3H2,1H3,(H,5,6). The molecule has 0 unspecified atom stereocenters. The quantitative estimate of drug-likeness (QED) is 0.737. The molecular formula is C10H14O3. The van der Waals surface area contributed by atoms with Crippen LogP contribution in [-0.4, -0.2) is 16.2 Å². The van der Waals surface area contributed by atoms with E-state index in [9.17, 15) is 4.79 Å². The highest BCUT2D eigenvalue weighted by atomic mass is 16.4. The van der Waals surface area contributed by atoms with Gasteiger partial charge in [0, 0.05) is 6.42 Å². The Kier molecular flexibility index (Phi) is 6.32. The van der Waals surface area contributed by atoms with Gasteiger partial charge in [-0.3, -0.25) is 4.79 Å². The Labute approximate surface area is 77.6 Å². The molecule has 0 atom stereocenters. The number of carboxylic acids is 1. The van der Waals surface area contributed by atoms with Gasteiger partial charge in [-0.25, -0.2) is 0 Å². The largest absolute Gasteiger partial charge is 0.508 e. The number of hydrogen-bond acceptors (Lipinski definition) is 2. The van der Waals surface area contributed by atoms with E-state index >= 15 is 0 Å². The van der Waals surface area contributed by atoms with Crippen LogP contribution in [0.1, 0.15) is 19.8 Å². The topological polar surface area (TPSA) is 57.5 Å². The van der Waals surface area contributed by atoms with Gasteiger partial charge in [0.15, 0.2) is 0 Å². The smallest absolute Gasteiger partial charge is 0.303 e. The number of aliphatic carboxylic acids is 1. The van der Waals surface area contributed by atoms with Crippen LogP contribution in [0.3, 0.4) is 0 Å². The van der Waals surface area contributed by atoms with Gasteiger partial charge in [-0.15, -0.1) is 0 Å². The van der Waals surface area contributed by atoms with Crippen molar-refractivity contribution in [1.29, 1.82) is 0 Å². The van der Waals surface area contributed by atoms with Crippen molar-refractivity contribution < 1.29 is 15.0 Å². The number of phenols is 1.